The van der Waals surface area contributed by atoms with Gasteiger partial charge in [-0.2, -0.15) is 11.3 Å². The lowest BCUT2D eigenvalue weighted by atomic mass is 10.1. The third-order valence-electron chi connectivity index (χ3n) is 3.15. The number of rotatable bonds is 7. The Morgan fingerprint density at radius 1 is 1.15 bits per heavy atom. The van der Waals surface area contributed by atoms with Crippen LogP contribution in [0.4, 0.5) is 0 Å². The molecule has 2 aromatic rings. The predicted molar refractivity (Wildman–Crippen MR) is 81.6 cm³/mol. The standard InChI is InChI=1S/C16H19NO2S/c18-10-9-17(12-14-4-2-1-3-5-14)16(19)7-6-15-8-11-20-13-15/h1-5,8,11,13,18H,6-7,9-10,12H2. The highest BCUT2D eigenvalue weighted by molar-refractivity contribution is 7.07. The smallest absolute Gasteiger partial charge is 0.223 e. The molecule has 1 N–H and O–H groups in total. The molecule has 0 aliphatic carbocycles. The first-order valence-electron chi connectivity index (χ1n) is 6.73. The molecule has 1 amide bonds. The van der Waals surface area contributed by atoms with Gasteiger partial charge in [0.2, 0.25) is 5.91 Å². The molecule has 0 atom stereocenters. The molecule has 2 rings (SSSR count). The van der Waals surface area contributed by atoms with Crippen LogP contribution in [0.2, 0.25) is 0 Å². The van der Waals surface area contributed by atoms with Gasteiger partial charge < -0.3 is 10.0 Å². The van der Waals surface area contributed by atoms with Crippen LogP contribution in [0, 0.1) is 0 Å². The highest BCUT2D eigenvalue weighted by atomic mass is 32.1. The Bertz CT molecular complexity index is 511. The van der Waals surface area contributed by atoms with Crippen LogP contribution in [0.15, 0.2) is 47.2 Å². The van der Waals surface area contributed by atoms with E-state index < -0.39 is 0 Å². The fourth-order valence-corrected chi connectivity index (χ4v) is 2.76. The molecule has 0 spiro atoms. The van der Waals surface area contributed by atoms with E-state index in [2.05, 4.69) is 5.38 Å². The summed E-state index contributed by atoms with van der Waals surface area (Å²) in [7, 11) is 0. The molecule has 0 aliphatic rings. The van der Waals surface area contributed by atoms with Gasteiger partial charge in [0, 0.05) is 19.5 Å². The second-order valence-corrected chi connectivity index (χ2v) is 5.44. The summed E-state index contributed by atoms with van der Waals surface area (Å²) in [5, 5.41) is 13.2. The number of nitrogens with zero attached hydrogens (tertiary/aromatic N) is 1. The minimum absolute atomic E-state index is 0.00295. The highest BCUT2D eigenvalue weighted by Gasteiger charge is 2.13. The lowest BCUT2D eigenvalue weighted by Gasteiger charge is -2.22. The van der Waals surface area contributed by atoms with Crippen LogP contribution in [0.3, 0.4) is 0 Å². The lowest BCUT2D eigenvalue weighted by Crippen LogP contribution is -2.33. The van der Waals surface area contributed by atoms with E-state index in [0.29, 0.717) is 19.5 Å². The zero-order valence-corrected chi connectivity index (χ0v) is 12.2. The molecule has 0 saturated heterocycles. The average molecular weight is 289 g/mol. The summed E-state index contributed by atoms with van der Waals surface area (Å²) in [6.07, 6.45) is 1.25. The van der Waals surface area contributed by atoms with E-state index in [1.54, 1.807) is 16.2 Å². The van der Waals surface area contributed by atoms with Gasteiger partial charge in [0.05, 0.1) is 6.61 Å². The monoisotopic (exact) mass is 289 g/mol. The van der Waals surface area contributed by atoms with Crippen LogP contribution >= 0.6 is 11.3 Å². The van der Waals surface area contributed by atoms with Gasteiger partial charge in [-0.1, -0.05) is 30.3 Å². The van der Waals surface area contributed by atoms with Crippen molar-refractivity contribution in [2.75, 3.05) is 13.2 Å². The van der Waals surface area contributed by atoms with E-state index in [0.717, 1.165) is 12.0 Å². The van der Waals surface area contributed by atoms with Crippen molar-refractivity contribution in [1.82, 2.24) is 4.90 Å². The van der Waals surface area contributed by atoms with E-state index in [1.165, 1.54) is 5.56 Å². The molecule has 0 aliphatic heterocycles. The third-order valence-corrected chi connectivity index (χ3v) is 3.88. The number of aryl methyl sites for hydroxylation is 1. The number of amides is 1. The van der Waals surface area contributed by atoms with Gasteiger partial charge in [-0.3, -0.25) is 4.79 Å². The Labute approximate surface area is 123 Å². The van der Waals surface area contributed by atoms with Crippen molar-refractivity contribution in [3.05, 3.63) is 58.3 Å². The number of hydrogen-bond acceptors (Lipinski definition) is 3. The first-order valence-corrected chi connectivity index (χ1v) is 7.67. The molecule has 0 saturated carbocycles. The van der Waals surface area contributed by atoms with E-state index in [9.17, 15) is 4.79 Å². The zero-order valence-electron chi connectivity index (χ0n) is 11.4. The van der Waals surface area contributed by atoms with Gasteiger partial charge in [-0.05, 0) is 34.4 Å². The molecular weight excluding hydrogens is 270 g/mol. The predicted octanol–water partition coefficient (Wildman–Crippen LogP) is 2.70. The summed E-state index contributed by atoms with van der Waals surface area (Å²) in [4.78, 5) is 14.0. The normalized spacial score (nSPS) is 10.4. The summed E-state index contributed by atoms with van der Waals surface area (Å²) in [5.74, 6) is 0.0918. The third kappa shape index (κ3) is 4.47. The fourth-order valence-electron chi connectivity index (χ4n) is 2.06. The number of aliphatic hydroxyl groups is 1. The zero-order chi connectivity index (χ0) is 14.2. The second kappa shape index (κ2) is 7.82. The van der Waals surface area contributed by atoms with E-state index in [-0.39, 0.29) is 12.5 Å². The van der Waals surface area contributed by atoms with E-state index in [1.807, 2.05) is 41.8 Å². The Kier molecular flexibility index (Phi) is 5.77. The Morgan fingerprint density at radius 2 is 1.95 bits per heavy atom. The molecule has 0 radical (unpaired) electrons. The molecule has 106 valence electrons. The maximum Gasteiger partial charge on any atom is 0.223 e. The van der Waals surface area contributed by atoms with Crippen molar-refractivity contribution < 1.29 is 9.90 Å². The van der Waals surface area contributed by atoms with Gasteiger partial charge in [0.15, 0.2) is 0 Å². The van der Waals surface area contributed by atoms with Crippen molar-refractivity contribution >= 4 is 17.2 Å². The number of carbonyl (C=O) groups is 1. The van der Waals surface area contributed by atoms with Gasteiger partial charge in [0.1, 0.15) is 0 Å². The van der Waals surface area contributed by atoms with Crippen LogP contribution in [-0.2, 0) is 17.8 Å². The minimum atomic E-state index is -0.00295. The molecule has 0 unspecified atom stereocenters. The van der Waals surface area contributed by atoms with E-state index >= 15 is 0 Å². The van der Waals surface area contributed by atoms with Crippen molar-refractivity contribution in [3.63, 3.8) is 0 Å². The van der Waals surface area contributed by atoms with Gasteiger partial charge in [-0.15, -0.1) is 0 Å². The largest absolute Gasteiger partial charge is 0.395 e. The Morgan fingerprint density at radius 3 is 2.60 bits per heavy atom. The van der Waals surface area contributed by atoms with Crippen LogP contribution in [-0.4, -0.2) is 29.1 Å². The number of thiophene rings is 1. The summed E-state index contributed by atoms with van der Waals surface area (Å²) in [6, 6.07) is 11.9. The molecule has 1 aromatic carbocycles. The molecule has 0 bridgehead atoms. The first-order chi connectivity index (χ1) is 9.79. The summed E-state index contributed by atoms with van der Waals surface area (Å²) < 4.78 is 0. The minimum Gasteiger partial charge on any atom is -0.395 e. The van der Waals surface area contributed by atoms with Crippen LogP contribution in [0.1, 0.15) is 17.5 Å². The molecule has 1 heterocycles. The maximum absolute atomic E-state index is 12.3. The Balaban J connectivity index is 1.91. The van der Waals surface area contributed by atoms with Gasteiger partial charge in [-0.25, -0.2) is 0 Å². The van der Waals surface area contributed by atoms with Crippen molar-refractivity contribution in [2.45, 2.75) is 19.4 Å². The van der Waals surface area contributed by atoms with E-state index in [4.69, 9.17) is 5.11 Å². The van der Waals surface area contributed by atoms with Gasteiger partial charge in [0.25, 0.3) is 0 Å². The van der Waals surface area contributed by atoms with Crippen LogP contribution in [0.5, 0.6) is 0 Å². The van der Waals surface area contributed by atoms with Crippen LogP contribution in [0.25, 0.3) is 0 Å². The first kappa shape index (κ1) is 14.8. The number of aliphatic hydroxyl groups excluding tert-OH is 1. The average Bonchev–Trinajstić information content (AvgIpc) is 2.99. The quantitative estimate of drug-likeness (QED) is 0.851. The maximum atomic E-state index is 12.3. The molecule has 0 fully saturated rings. The fraction of sp³-hybridized carbons (Fsp3) is 0.312. The van der Waals surface area contributed by atoms with Crippen molar-refractivity contribution in [2.24, 2.45) is 0 Å². The number of hydrogen-bond donors (Lipinski definition) is 1. The van der Waals surface area contributed by atoms with Crippen molar-refractivity contribution in [3.8, 4) is 0 Å². The molecular formula is C16H19NO2S. The lowest BCUT2D eigenvalue weighted by molar-refractivity contribution is -0.132. The van der Waals surface area contributed by atoms with Crippen LogP contribution < -0.4 is 0 Å². The SMILES string of the molecule is O=C(CCc1ccsc1)N(CCO)Cc1ccccc1. The van der Waals surface area contributed by atoms with Gasteiger partial charge >= 0.3 is 0 Å². The number of carbonyl (C=O) groups excluding carboxylic acids is 1. The second-order valence-electron chi connectivity index (χ2n) is 4.66. The molecule has 20 heavy (non-hydrogen) atoms. The number of benzene rings is 1. The Hall–Kier alpha value is -1.65. The highest BCUT2D eigenvalue weighted by Crippen LogP contribution is 2.11. The molecule has 3 nitrogen and oxygen atoms in total. The van der Waals surface area contributed by atoms with Crippen molar-refractivity contribution in [1.29, 1.82) is 0 Å². The molecule has 1 aromatic heterocycles. The molecule has 4 heteroatoms. The summed E-state index contributed by atoms with van der Waals surface area (Å²) in [6.45, 7) is 0.943. The summed E-state index contributed by atoms with van der Waals surface area (Å²) in [5.41, 5.74) is 2.29. The summed E-state index contributed by atoms with van der Waals surface area (Å²) >= 11 is 1.65. The topological polar surface area (TPSA) is 40.5 Å².